The first-order valence-corrected chi connectivity index (χ1v) is 16.6. The van der Waals surface area contributed by atoms with Crippen LogP contribution in [-0.4, -0.2) is 58.3 Å². The van der Waals surface area contributed by atoms with Gasteiger partial charge in [0, 0.05) is 18.3 Å². The highest BCUT2D eigenvalue weighted by Crippen LogP contribution is 2.18. The lowest BCUT2D eigenvalue weighted by atomic mass is 10.1. The SMILES string of the molecule is CCCCCCCCCCCCCCSCC(=O)SC(CNC(=O)OC(C)(C)C)CNC(=O)OC(C)(C)C. The molecule has 0 radical (unpaired) electrons. The summed E-state index contributed by atoms with van der Waals surface area (Å²) in [6.07, 6.45) is 14.8. The standard InChI is InChI=1S/C29H56N2O5S2/c1-8-9-10-11-12-13-14-15-16-17-18-19-20-37-23-25(32)38-24(21-30-26(33)35-28(2,3)4)22-31-27(34)36-29(5,6)7/h24H,8-23H2,1-7H3,(H,30,33)(H,31,34). The fourth-order valence-electron chi connectivity index (χ4n) is 3.60. The van der Waals surface area contributed by atoms with Crippen molar-refractivity contribution in [3.63, 3.8) is 0 Å². The van der Waals surface area contributed by atoms with Gasteiger partial charge in [0.05, 0.1) is 5.75 Å². The van der Waals surface area contributed by atoms with Crippen LogP contribution in [0.2, 0.25) is 0 Å². The van der Waals surface area contributed by atoms with Gasteiger partial charge in [-0.3, -0.25) is 4.79 Å². The van der Waals surface area contributed by atoms with E-state index in [1.807, 2.05) is 0 Å². The molecule has 0 aliphatic carbocycles. The largest absolute Gasteiger partial charge is 0.444 e. The maximum atomic E-state index is 12.6. The monoisotopic (exact) mass is 576 g/mol. The second kappa shape index (κ2) is 21.7. The van der Waals surface area contributed by atoms with Crippen molar-refractivity contribution in [1.82, 2.24) is 10.6 Å². The Labute approximate surface area is 241 Å². The number of hydrogen-bond donors (Lipinski definition) is 2. The molecule has 7 nitrogen and oxygen atoms in total. The normalized spacial score (nSPS) is 11.9. The van der Waals surface area contributed by atoms with Crippen molar-refractivity contribution in [2.24, 2.45) is 0 Å². The van der Waals surface area contributed by atoms with Gasteiger partial charge in [-0.05, 0) is 53.7 Å². The van der Waals surface area contributed by atoms with Crippen molar-refractivity contribution in [1.29, 1.82) is 0 Å². The quantitative estimate of drug-likeness (QED) is 0.141. The average Bonchev–Trinajstić information content (AvgIpc) is 2.78. The molecule has 0 aliphatic heterocycles. The van der Waals surface area contributed by atoms with Gasteiger partial charge in [0.2, 0.25) is 0 Å². The Morgan fingerprint density at radius 1 is 0.658 bits per heavy atom. The Bertz CT molecular complexity index is 616. The van der Waals surface area contributed by atoms with Crippen molar-refractivity contribution in [3.8, 4) is 0 Å². The number of alkyl carbamates (subject to hydrolysis) is 2. The smallest absolute Gasteiger partial charge is 0.407 e. The molecule has 0 atom stereocenters. The van der Waals surface area contributed by atoms with Crippen LogP contribution in [0, 0.1) is 0 Å². The molecule has 0 aromatic carbocycles. The number of carbonyl (C=O) groups is 3. The van der Waals surface area contributed by atoms with Gasteiger partial charge in [-0.25, -0.2) is 9.59 Å². The van der Waals surface area contributed by atoms with Crippen molar-refractivity contribution < 1.29 is 23.9 Å². The third-order valence-electron chi connectivity index (χ3n) is 5.41. The molecule has 0 bridgehead atoms. The minimum Gasteiger partial charge on any atom is -0.444 e. The van der Waals surface area contributed by atoms with E-state index in [1.54, 1.807) is 53.3 Å². The Hall–Kier alpha value is -1.09. The van der Waals surface area contributed by atoms with E-state index in [0.717, 1.165) is 23.9 Å². The van der Waals surface area contributed by atoms with Crippen LogP contribution in [0.5, 0.6) is 0 Å². The van der Waals surface area contributed by atoms with Gasteiger partial charge in [-0.2, -0.15) is 11.8 Å². The zero-order valence-electron chi connectivity index (χ0n) is 25.2. The van der Waals surface area contributed by atoms with Crippen LogP contribution in [-0.2, 0) is 14.3 Å². The number of rotatable bonds is 20. The summed E-state index contributed by atoms with van der Waals surface area (Å²) < 4.78 is 10.6. The minimum absolute atomic E-state index is 0.0379. The first-order valence-electron chi connectivity index (χ1n) is 14.5. The van der Waals surface area contributed by atoms with E-state index in [-0.39, 0.29) is 23.5 Å². The van der Waals surface area contributed by atoms with E-state index in [2.05, 4.69) is 17.6 Å². The van der Waals surface area contributed by atoms with Gasteiger partial charge in [0.1, 0.15) is 11.2 Å². The molecule has 224 valence electrons. The lowest BCUT2D eigenvalue weighted by Gasteiger charge is -2.23. The summed E-state index contributed by atoms with van der Waals surface area (Å²) in [5.74, 6) is 1.39. The molecule has 0 aromatic rings. The number of ether oxygens (including phenoxy) is 2. The zero-order chi connectivity index (χ0) is 28.9. The van der Waals surface area contributed by atoms with Gasteiger partial charge in [-0.1, -0.05) is 89.3 Å². The van der Waals surface area contributed by atoms with E-state index in [9.17, 15) is 14.4 Å². The molecule has 0 heterocycles. The Balaban J connectivity index is 4.18. The third kappa shape index (κ3) is 26.5. The summed E-state index contributed by atoms with van der Waals surface area (Å²) in [6, 6.07) is 0. The van der Waals surface area contributed by atoms with E-state index < -0.39 is 23.4 Å². The van der Waals surface area contributed by atoms with E-state index in [0.29, 0.717) is 5.75 Å². The number of hydrogen-bond acceptors (Lipinski definition) is 7. The molecule has 0 spiro atoms. The maximum Gasteiger partial charge on any atom is 0.407 e. The molecule has 2 N–H and O–H groups in total. The molecule has 38 heavy (non-hydrogen) atoms. The van der Waals surface area contributed by atoms with Crippen molar-refractivity contribution in [3.05, 3.63) is 0 Å². The van der Waals surface area contributed by atoms with E-state index in [1.165, 1.54) is 70.6 Å². The van der Waals surface area contributed by atoms with Crippen molar-refractivity contribution in [2.45, 2.75) is 142 Å². The van der Waals surface area contributed by atoms with Crippen LogP contribution in [0.25, 0.3) is 0 Å². The van der Waals surface area contributed by atoms with Gasteiger partial charge in [0.15, 0.2) is 5.12 Å². The molecule has 0 saturated heterocycles. The first-order chi connectivity index (χ1) is 17.8. The summed E-state index contributed by atoms with van der Waals surface area (Å²) >= 11 is 2.80. The minimum atomic E-state index is -0.609. The molecule has 9 heteroatoms. The first kappa shape index (κ1) is 36.9. The molecular formula is C29H56N2O5S2. The van der Waals surface area contributed by atoms with Crippen LogP contribution in [0.1, 0.15) is 126 Å². The Morgan fingerprint density at radius 2 is 1.05 bits per heavy atom. The fourth-order valence-corrected chi connectivity index (χ4v) is 5.55. The van der Waals surface area contributed by atoms with Crippen LogP contribution in [0.15, 0.2) is 0 Å². The van der Waals surface area contributed by atoms with E-state index in [4.69, 9.17) is 9.47 Å². The van der Waals surface area contributed by atoms with Crippen molar-refractivity contribution in [2.75, 3.05) is 24.6 Å². The average molecular weight is 577 g/mol. The Morgan fingerprint density at radius 3 is 1.45 bits per heavy atom. The molecule has 0 aliphatic rings. The topological polar surface area (TPSA) is 93.7 Å². The Kier molecular flexibility index (Phi) is 21.1. The number of carbonyl (C=O) groups excluding carboxylic acids is 3. The highest BCUT2D eigenvalue weighted by molar-refractivity contribution is 8.16. The lowest BCUT2D eigenvalue weighted by molar-refractivity contribution is -0.108. The van der Waals surface area contributed by atoms with Crippen molar-refractivity contribution >= 4 is 40.8 Å². The zero-order valence-corrected chi connectivity index (χ0v) is 26.9. The van der Waals surface area contributed by atoms with Gasteiger partial charge in [-0.15, -0.1) is 0 Å². The number of amides is 2. The van der Waals surface area contributed by atoms with Crippen LogP contribution >= 0.6 is 23.5 Å². The van der Waals surface area contributed by atoms with E-state index >= 15 is 0 Å². The highest BCUT2D eigenvalue weighted by atomic mass is 32.2. The summed E-state index contributed by atoms with van der Waals surface area (Å²) in [5.41, 5.74) is -1.22. The summed E-state index contributed by atoms with van der Waals surface area (Å²) in [4.78, 5) is 36.7. The van der Waals surface area contributed by atoms with Crippen LogP contribution in [0.4, 0.5) is 9.59 Å². The van der Waals surface area contributed by atoms with Crippen LogP contribution < -0.4 is 10.6 Å². The number of unbranched alkanes of at least 4 members (excludes halogenated alkanes) is 11. The van der Waals surface area contributed by atoms with Gasteiger partial charge in [0.25, 0.3) is 0 Å². The maximum absolute atomic E-state index is 12.6. The summed E-state index contributed by atoms with van der Waals surface area (Å²) in [5, 5.41) is 5.12. The predicted octanol–water partition coefficient (Wildman–Crippen LogP) is 8.10. The highest BCUT2D eigenvalue weighted by Gasteiger charge is 2.22. The van der Waals surface area contributed by atoms with Gasteiger partial charge < -0.3 is 20.1 Å². The second-order valence-corrected chi connectivity index (χ2v) is 14.3. The second-order valence-electron chi connectivity index (χ2n) is 11.8. The summed E-state index contributed by atoms with van der Waals surface area (Å²) in [7, 11) is 0. The molecule has 0 aromatic heterocycles. The van der Waals surface area contributed by atoms with Gasteiger partial charge >= 0.3 is 12.2 Å². The third-order valence-corrected chi connectivity index (χ3v) is 7.71. The molecule has 0 unspecified atom stereocenters. The van der Waals surface area contributed by atoms with Crippen LogP contribution in [0.3, 0.4) is 0 Å². The number of thioether (sulfide) groups is 2. The predicted molar refractivity (Wildman–Crippen MR) is 163 cm³/mol. The lowest BCUT2D eigenvalue weighted by Crippen LogP contribution is -2.42. The fraction of sp³-hybridized carbons (Fsp3) is 0.897. The molecule has 0 fully saturated rings. The molecule has 0 saturated carbocycles. The summed E-state index contributed by atoms with van der Waals surface area (Å²) in [6.45, 7) is 13.4. The number of nitrogens with one attached hydrogen (secondary N) is 2. The molecular weight excluding hydrogens is 520 g/mol. The molecule has 2 amide bonds. The molecule has 0 rings (SSSR count).